The minimum atomic E-state index is -4.44. The Balaban J connectivity index is 1.52. The van der Waals surface area contributed by atoms with Crippen molar-refractivity contribution in [3.8, 4) is 5.75 Å². The van der Waals surface area contributed by atoms with Crippen LogP contribution in [-0.2, 0) is 31.7 Å². The maximum absolute atomic E-state index is 14.4. The number of nitrogens with one attached hydrogen (secondary N) is 1. The number of benzene rings is 2. The first-order chi connectivity index (χ1) is 24.2. The van der Waals surface area contributed by atoms with Crippen LogP contribution >= 0.6 is 7.60 Å². The number of hydrogen-bond donors (Lipinski definition) is 2. The summed E-state index contributed by atoms with van der Waals surface area (Å²) in [5, 5.41) is 4.11. The summed E-state index contributed by atoms with van der Waals surface area (Å²) in [7, 11) is -2.87. The molecule has 1 aliphatic carbocycles. The molecule has 2 amide bonds. The summed E-state index contributed by atoms with van der Waals surface area (Å²) in [5.74, 6) is -3.64. The molecular weight excluding hydrogens is 693 g/mol. The van der Waals surface area contributed by atoms with E-state index in [1.807, 2.05) is 0 Å². The molecule has 3 aromatic rings. The number of carbonyl (C=O) groups excluding carboxylic acids is 3. The SMILES string of the molecule is CC(C)OC(=O)OCOP(=O)(O)CCN1n2cc(C(=O)NCc3ccc(F)cc3F)c(=O)c(OCc3ccccc3)c2C(=O)N(C)C12CCCC2. The molecule has 2 heterocycles. The normalized spacial score (nSPS) is 16.2. The van der Waals surface area contributed by atoms with E-state index < -0.39 is 78.7 Å². The average Bonchev–Trinajstić information content (AvgIpc) is 3.57. The zero-order chi connectivity index (χ0) is 36.9. The van der Waals surface area contributed by atoms with Crippen LogP contribution in [-0.4, -0.2) is 70.8 Å². The van der Waals surface area contributed by atoms with Gasteiger partial charge in [-0.25, -0.2) is 13.6 Å². The van der Waals surface area contributed by atoms with Crippen LogP contribution in [0, 0.1) is 11.6 Å². The van der Waals surface area contributed by atoms with Crippen LogP contribution < -0.4 is 20.5 Å². The molecule has 5 rings (SSSR count). The number of pyridine rings is 1. The number of halogens is 2. The van der Waals surface area contributed by atoms with Crippen LogP contribution in [0.5, 0.6) is 5.75 Å². The second-order valence-electron chi connectivity index (χ2n) is 12.4. The standard InChI is InChI=1S/C34H39F2N4O10P/c1-22(2)50-33(44)48-21-49-51(45,46)16-15-40-34(13-7-8-14-34)38(3)32(43)28-30(47-20-23-9-5-4-6-10-23)29(41)26(19-39(28)40)31(42)37-18-24-11-12-25(35)17-27(24)36/h4-6,9-12,17,19,22H,7-8,13-16,18,20-21H2,1-3H3,(H,37,42)(H,45,46). The van der Waals surface area contributed by atoms with E-state index in [0.29, 0.717) is 37.3 Å². The van der Waals surface area contributed by atoms with Gasteiger partial charge in [-0.2, -0.15) is 0 Å². The Bertz CT molecular complexity index is 1880. The maximum atomic E-state index is 14.4. The third-order valence-corrected chi connectivity index (χ3v) is 9.98. The molecule has 1 aromatic heterocycles. The highest BCUT2D eigenvalue weighted by Crippen LogP contribution is 2.45. The molecule has 1 saturated carbocycles. The second-order valence-corrected chi connectivity index (χ2v) is 14.4. The lowest BCUT2D eigenvalue weighted by molar-refractivity contribution is -0.0108. The van der Waals surface area contributed by atoms with Crippen molar-refractivity contribution < 1.29 is 51.4 Å². The van der Waals surface area contributed by atoms with Crippen molar-refractivity contribution in [1.82, 2.24) is 14.9 Å². The van der Waals surface area contributed by atoms with E-state index in [2.05, 4.69) is 5.32 Å². The Labute approximate surface area is 292 Å². The van der Waals surface area contributed by atoms with Gasteiger partial charge in [-0.1, -0.05) is 36.4 Å². The zero-order valence-electron chi connectivity index (χ0n) is 28.3. The minimum absolute atomic E-state index is 0.0353. The number of hydrogen-bond acceptors (Lipinski definition) is 10. The summed E-state index contributed by atoms with van der Waals surface area (Å²) in [5.41, 5.74) is -1.99. The van der Waals surface area contributed by atoms with E-state index >= 15 is 0 Å². The first-order valence-electron chi connectivity index (χ1n) is 16.3. The van der Waals surface area contributed by atoms with Gasteiger partial charge in [-0.3, -0.25) is 33.2 Å². The highest BCUT2D eigenvalue weighted by molar-refractivity contribution is 7.52. The van der Waals surface area contributed by atoms with Crippen molar-refractivity contribution in [2.24, 2.45) is 0 Å². The molecule has 0 radical (unpaired) electrons. The average molecular weight is 733 g/mol. The number of rotatable bonds is 13. The van der Waals surface area contributed by atoms with E-state index in [0.717, 1.165) is 18.3 Å². The lowest BCUT2D eigenvalue weighted by Crippen LogP contribution is -2.69. The molecule has 1 aliphatic heterocycles. The Hall–Kier alpha value is -4.79. The Morgan fingerprint density at radius 1 is 1.08 bits per heavy atom. The summed E-state index contributed by atoms with van der Waals surface area (Å²) in [6.45, 7) is 1.58. The topological polar surface area (TPSA) is 166 Å². The van der Waals surface area contributed by atoms with Gasteiger partial charge in [0.05, 0.1) is 12.3 Å². The monoisotopic (exact) mass is 732 g/mol. The number of amides is 2. The van der Waals surface area contributed by atoms with Gasteiger partial charge in [-0.15, -0.1) is 0 Å². The van der Waals surface area contributed by atoms with Crippen LogP contribution in [0.15, 0.2) is 59.5 Å². The fourth-order valence-electron chi connectivity index (χ4n) is 6.17. The molecule has 1 spiro atoms. The van der Waals surface area contributed by atoms with Gasteiger partial charge < -0.3 is 29.3 Å². The molecule has 2 aromatic carbocycles. The molecule has 14 nitrogen and oxygen atoms in total. The third kappa shape index (κ3) is 8.41. The molecule has 2 N–H and O–H groups in total. The van der Waals surface area contributed by atoms with Gasteiger partial charge in [0.15, 0.2) is 11.4 Å². The molecule has 17 heteroatoms. The molecule has 1 fully saturated rings. The van der Waals surface area contributed by atoms with E-state index in [1.165, 1.54) is 9.58 Å². The van der Waals surface area contributed by atoms with Crippen LogP contribution in [0.2, 0.25) is 0 Å². The first kappa shape index (κ1) is 37.5. The highest BCUT2D eigenvalue weighted by atomic mass is 31.2. The summed E-state index contributed by atoms with van der Waals surface area (Å²) in [6.07, 6.45) is 1.39. The number of aromatic nitrogens is 1. The summed E-state index contributed by atoms with van der Waals surface area (Å²) >= 11 is 0. The van der Waals surface area contributed by atoms with E-state index in [1.54, 1.807) is 56.2 Å². The summed E-state index contributed by atoms with van der Waals surface area (Å²) in [6, 6.07) is 11.7. The van der Waals surface area contributed by atoms with Gasteiger partial charge in [0, 0.05) is 38.0 Å². The molecular formula is C34H39F2N4O10P. The molecule has 51 heavy (non-hydrogen) atoms. The van der Waals surface area contributed by atoms with Crippen molar-refractivity contribution in [2.75, 3.05) is 31.6 Å². The smallest absolute Gasteiger partial charge is 0.482 e. The fourth-order valence-corrected chi connectivity index (χ4v) is 6.96. The quantitative estimate of drug-likeness (QED) is 0.143. The lowest BCUT2D eigenvalue weighted by atomic mass is 10.0. The summed E-state index contributed by atoms with van der Waals surface area (Å²) < 4.78 is 62.9. The Morgan fingerprint density at radius 3 is 2.45 bits per heavy atom. The second kappa shape index (κ2) is 15.6. The van der Waals surface area contributed by atoms with Gasteiger partial charge in [0.25, 0.3) is 11.8 Å². The van der Waals surface area contributed by atoms with Crippen LogP contribution in [0.4, 0.5) is 13.6 Å². The molecule has 0 saturated heterocycles. The Morgan fingerprint density at radius 2 is 1.78 bits per heavy atom. The first-order valence-corrected chi connectivity index (χ1v) is 18.0. The number of ether oxygens (including phenoxy) is 3. The van der Waals surface area contributed by atoms with Gasteiger partial charge >= 0.3 is 13.8 Å². The van der Waals surface area contributed by atoms with Crippen molar-refractivity contribution in [3.05, 3.63) is 99.0 Å². The van der Waals surface area contributed by atoms with Crippen molar-refractivity contribution in [1.29, 1.82) is 0 Å². The molecule has 1 atom stereocenters. The lowest BCUT2D eigenvalue weighted by Gasteiger charge is -2.53. The predicted molar refractivity (Wildman–Crippen MR) is 179 cm³/mol. The van der Waals surface area contributed by atoms with E-state index in [-0.39, 0.29) is 31.0 Å². The van der Waals surface area contributed by atoms with E-state index in [4.69, 9.17) is 18.7 Å². The number of carbonyl (C=O) groups is 3. The zero-order valence-corrected chi connectivity index (χ0v) is 29.2. The third-order valence-electron chi connectivity index (χ3n) is 8.71. The Kier molecular flexibility index (Phi) is 11.5. The number of fused-ring (bicyclic) bond motifs is 1. The van der Waals surface area contributed by atoms with Crippen LogP contribution in [0.25, 0.3) is 0 Å². The fraction of sp³-hybridized carbons (Fsp3) is 0.412. The highest BCUT2D eigenvalue weighted by Gasteiger charge is 2.52. The number of nitrogens with zero attached hydrogens (tertiary/aromatic N) is 3. The van der Waals surface area contributed by atoms with Gasteiger partial charge in [0.1, 0.15) is 29.5 Å². The van der Waals surface area contributed by atoms with Crippen LogP contribution in [0.1, 0.15) is 71.5 Å². The van der Waals surface area contributed by atoms with Crippen molar-refractivity contribution >= 4 is 25.6 Å². The van der Waals surface area contributed by atoms with Gasteiger partial charge in [-0.05, 0) is 51.2 Å². The molecule has 2 aliphatic rings. The van der Waals surface area contributed by atoms with Gasteiger partial charge in [0.2, 0.25) is 12.2 Å². The molecule has 1 unspecified atom stereocenters. The molecule has 0 bridgehead atoms. The molecule has 274 valence electrons. The van der Waals surface area contributed by atoms with E-state index in [9.17, 15) is 37.4 Å². The van der Waals surface area contributed by atoms with Crippen molar-refractivity contribution in [2.45, 2.75) is 64.4 Å². The van der Waals surface area contributed by atoms with Crippen molar-refractivity contribution in [3.63, 3.8) is 0 Å². The predicted octanol–water partition coefficient (Wildman–Crippen LogP) is 4.65. The summed E-state index contributed by atoms with van der Waals surface area (Å²) in [4.78, 5) is 65.6. The largest absolute Gasteiger partial charge is 0.510 e. The minimum Gasteiger partial charge on any atom is -0.482 e. The van der Waals surface area contributed by atoms with Crippen LogP contribution in [0.3, 0.4) is 0 Å². The maximum Gasteiger partial charge on any atom is 0.510 e.